The first-order chi connectivity index (χ1) is 12.7. The number of hydrogen-bond donors (Lipinski definition) is 3. The Balaban J connectivity index is 1.76. The number of carbonyl (C=O) groups excluding carboxylic acids is 1. The van der Waals surface area contributed by atoms with Crippen LogP contribution < -0.4 is 16.0 Å². The molecule has 0 radical (unpaired) electrons. The lowest BCUT2D eigenvalue weighted by molar-refractivity contribution is -0.116. The third-order valence-electron chi connectivity index (χ3n) is 3.98. The summed E-state index contributed by atoms with van der Waals surface area (Å²) < 4.78 is 0. The summed E-state index contributed by atoms with van der Waals surface area (Å²) in [5, 5.41) is 9.69. The van der Waals surface area contributed by atoms with E-state index in [1.807, 2.05) is 48.5 Å². The van der Waals surface area contributed by atoms with Gasteiger partial charge in [0, 0.05) is 23.5 Å². The molecule has 7 heteroatoms. The summed E-state index contributed by atoms with van der Waals surface area (Å²) in [5.74, 6) is 0.892. The Labute approximate surface area is 155 Å². The van der Waals surface area contributed by atoms with Gasteiger partial charge < -0.3 is 16.0 Å². The molecule has 26 heavy (non-hydrogen) atoms. The Kier molecular flexibility index (Phi) is 4.41. The number of rotatable bonds is 0. The van der Waals surface area contributed by atoms with E-state index in [0.717, 1.165) is 22.6 Å². The van der Waals surface area contributed by atoms with Crippen LogP contribution in [-0.2, 0) is 11.2 Å². The smallest absolute Gasteiger partial charge is 0.229 e. The van der Waals surface area contributed by atoms with Crippen molar-refractivity contribution < 1.29 is 4.79 Å². The monoisotopic (exact) mass is 365 g/mol. The summed E-state index contributed by atoms with van der Waals surface area (Å²) >= 11 is 6.23. The quantitative estimate of drug-likeness (QED) is 0.546. The van der Waals surface area contributed by atoms with Crippen LogP contribution in [0, 0.1) is 0 Å². The highest BCUT2D eigenvalue weighted by Crippen LogP contribution is 2.26. The van der Waals surface area contributed by atoms with Crippen LogP contribution in [0.25, 0.3) is 0 Å². The second-order valence-electron chi connectivity index (χ2n) is 5.97. The van der Waals surface area contributed by atoms with E-state index in [2.05, 4.69) is 25.9 Å². The van der Waals surface area contributed by atoms with Gasteiger partial charge in [0.15, 0.2) is 5.82 Å². The normalized spacial score (nSPS) is 13.5. The standard InChI is InChI=1S/C19H16ClN5O/c20-16-11-21-19-24-15-6-2-5-14(10-15)22-17(26)8-7-12-3-1-4-13(9-12)23-18(16)25-19/h1-6,9-11H,7-8H2,(H,22,26)(H2,21,23,24,25). The van der Waals surface area contributed by atoms with Gasteiger partial charge >= 0.3 is 0 Å². The molecule has 1 amide bonds. The molecule has 0 saturated heterocycles. The Morgan fingerprint density at radius 2 is 1.62 bits per heavy atom. The molecule has 0 saturated carbocycles. The fourth-order valence-electron chi connectivity index (χ4n) is 2.74. The Bertz CT molecular complexity index is 976. The van der Waals surface area contributed by atoms with Gasteiger partial charge in [-0.25, -0.2) is 4.98 Å². The third-order valence-corrected chi connectivity index (χ3v) is 4.25. The minimum atomic E-state index is -0.0322. The number of aromatic nitrogens is 2. The average molecular weight is 366 g/mol. The van der Waals surface area contributed by atoms with Gasteiger partial charge in [-0.3, -0.25) is 4.79 Å². The van der Waals surface area contributed by atoms with Crippen LogP contribution in [0.2, 0.25) is 5.02 Å². The molecule has 6 nitrogen and oxygen atoms in total. The lowest BCUT2D eigenvalue weighted by atomic mass is 10.1. The van der Waals surface area contributed by atoms with Crippen molar-refractivity contribution in [3.8, 4) is 0 Å². The fraction of sp³-hybridized carbons (Fsp3) is 0.105. The maximum Gasteiger partial charge on any atom is 0.229 e. The minimum Gasteiger partial charge on any atom is -0.339 e. The number of nitrogens with one attached hydrogen (secondary N) is 3. The molecule has 3 N–H and O–H groups in total. The number of benzene rings is 2. The van der Waals surface area contributed by atoms with E-state index in [4.69, 9.17) is 11.6 Å². The molecule has 0 atom stereocenters. The molecule has 3 aromatic rings. The molecule has 0 fully saturated rings. The van der Waals surface area contributed by atoms with Crippen molar-refractivity contribution in [3.63, 3.8) is 0 Å². The lowest BCUT2D eigenvalue weighted by Gasteiger charge is -2.11. The van der Waals surface area contributed by atoms with E-state index in [1.54, 1.807) is 6.20 Å². The first-order valence-corrected chi connectivity index (χ1v) is 8.59. The first-order valence-electron chi connectivity index (χ1n) is 8.21. The second kappa shape index (κ2) is 7.01. The highest BCUT2D eigenvalue weighted by molar-refractivity contribution is 6.32. The van der Waals surface area contributed by atoms with Crippen LogP contribution in [-0.4, -0.2) is 15.9 Å². The predicted octanol–water partition coefficient (Wildman–Crippen LogP) is 4.50. The molecule has 0 unspecified atom stereocenters. The van der Waals surface area contributed by atoms with Crippen LogP contribution in [0.1, 0.15) is 12.0 Å². The molecule has 130 valence electrons. The van der Waals surface area contributed by atoms with E-state index in [-0.39, 0.29) is 5.91 Å². The van der Waals surface area contributed by atoms with Crippen molar-refractivity contribution in [1.29, 1.82) is 0 Å². The molecule has 6 bridgehead atoms. The highest BCUT2D eigenvalue weighted by Gasteiger charge is 2.10. The third kappa shape index (κ3) is 3.75. The zero-order valence-corrected chi connectivity index (χ0v) is 14.5. The zero-order chi connectivity index (χ0) is 17.9. The number of nitrogens with zero attached hydrogens (tertiary/aromatic N) is 2. The molecule has 1 aliphatic rings. The first kappa shape index (κ1) is 16.4. The molecule has 0 aliphatic carbocycles. The van der Waals surface area contributed by atoms with Gasteiger partial charge in [-0.2, -0.15) is 4.98 Å². The molecular formula is C19H16ClN5O. The minimum absolute atomic E-state index is 0.0322. The Hall–Kier alpha value is -3.12. The van der Waals surface area contributed by atoms with Gasteiger partial charge in [0.05, 0.1) is 6.20 Å². The van der Waals surface area contributed by atoms with Crippen molar-refractivity contribution in [2.75, 3.05) is 16.0 Å². The van der Waals surface area contributed by atoms with E-state index in [1.165, 1.54) is 0 Å². The van der Waals surface area contributed by atoms with Crippen LogP contribution >= 0.6 is 11.6 Å². The van der Waals surface area contributed by atoms with Crippen LogP contribution in [0.3, 0.4) is 0 Å². The molecule has 2 heterocycles. The number of carbonyl (C=O) groups is 1. The van der Waals surface area contributed by atoms with Crippen molar-refractivity contribution in [2.45, 2.75) is 12.8 Å². The Morgan fingerprint density at radius 1 is 0.885 bits per heavy atom. The van der Waals surface area contributed by atoms with Crippen molar-refractivity contribution in [1.82, 2.24) is 9.97 Å². The summed E-state index contributed by atoms with van der Waals surface area (Å²) in [6.45, 7) is 0. The van der Waals surface area contributed by atoms with Gasteiger partial charge in [-0.1, -0.05) is 29.8 Å². The molecule has 1 aliphatic heterocycles. The number of anilines is 5. The van der Waals surface area contributed by atoms with E-state index < -0.39 is 0 Å². The zero-order valence-electron chi connectivity index (χ0n) is 13.8. The van der Waals surface area contributed by atoms with Gasteiger partial charge in [0.1, 0.15) is 5.02 Å². The van der Waals surface area contributed by atoms with Crippen molar-refractivity contribution in [3.05, 3.63) is 65.3 Å². The topological polar surface area (TPSA) is 78.9 Å². The Morgan fingerprint density at radius 3 is 2.46 bits per heavy atom. The summed E-state index contributed by atoms with van der Waals surface area (Å²) in [6, 6.07) is 15.3. The lowest BCUT2D eigenvalue weighted by Crippen LogP contribution is -2.12. The molecular weight excluding hydrogens is 350 g/mol. The summed E-state index contributed by atoms with van der Waals surface area (Å²) in [7, 11) is 0. The van der Waals surface area contributed by atoms with Crippen LogP contribution in [0.15, 0.2) is 54.7 Å². The summed E-state index contributed by atoms with van der Waals surface area (Å²) in [6.07, 6.45) is 2.59. The van der Waals surface area contributed by atoms with Crippen molar-refractivity contribution >= 4 is 46.3 Å². The van der Waals surface area contributed by atoms with Gasteiger partial charge in [-0.05, 0) is 42.3 Å². The SMILES string of the molecule is O=C1CCc2cccc(c2)Nc2nc(ncc2Cl)Nc2cccc(c2)N1. The maximum absolute atomic E-state index is 12.2. The molecule has 2 aromatic carbocycles. The number of aryl methyl sites for hydroxylation is 1. The van der Waals surface area contributed by atoms with E-state index >= 15 is 0 Å². The fourth-order valence-corrected chi connectivity index (χ4v) is 2.88. The number of halogens is 1. The maximum atomic E-state index is 12.2. The van der Waals surface area contributed by atoms with Gasteiger partial charge in [0.2, 0.25) is 11.9 Å². The molecule has 1 aromatic heterocycles. The number of hydrogen-bond acceptors (Lipinski definition) is 5. The van der Waals surface area contributed by atoms with Crippen molar-refractivity contribution in [2.24, 2.45) is 0 Å². The van der Waals surface area contributed by atoms with E-state index in [0.29, 0.717) is 29.6 Å². The number of fused-ring (bicyclic) bond motifs is 6. The highest BCUT2D eigenvalue weighted by atomic mass is 35.5. The van der Waals surface area contributed by atoms with Crippen LogP contribution in [0.4, 0.5) is 28.8 Å². The predicted molar refractivity (Wildman–Crippen MR) is 103 cm³/mol. The number of amides is 1. The summed E-state index contributed by atoms with van der Waals surface area (Å²) in [4.78, 5) is 20.9. The second-order valence-corrected chi connectivity index (χ2v) is 6.38. The summed E-state index contributed by atoms with van der Waals surface area (Å²) in [5.41, 5.74) is 3.39. The van der Waals surface area contributed by atoms with E-state index in [9.17, 15) is 4.79 Å². The largest absolute Gasteiger partial charge is 0.339 e. The van der Waals surface area contributed by atoms with Gasteiger partial charge in [-0.15, -0.1) is 0 Å². The molecule has 4 rings (SSSR count). The molecule has 0 spiro atoms. The average Bonchev–Trinajstić information content (AvgIpc) is 2.63. The van der Waals surface area contributed by atoms with Gasteiger partial charge in [0.25, 0.3) is 0 Å². The van der Waals surface area contributed by atoms with Crippen LogP contribution in [0.5, 0.6) is 0 Å².